The molecule has 0 amide bonds. The van der Waals surface area contributed by atoms with Crippen LogP contribution in [0, 0.1) is 27.7 Å². The molecule has 0 fully saturated rings. The molecule has 62 heavy (non-hydrogen) atoms. The van der Waals surface area contributed by atoms with Crippen molar-refractivity contribution in [3.8, 4) is 11.5 Å². The Morgan fingerprint density at radius 3 is 1.37 bits per heavy atom. The van der Waals surface area contributed by atoms with Gasteiger partial charge in [-0.25, -0.2) is 26.4 Å². The Balaban J connectivity index is 0.000000236. The summed E-state index contributed by atoms with van der Waals surface area (Å²) in [6.45, 7) is 11.8. The molecule has 2 unspecified atom stereocenters. The maximum Gasteiger partial charge on any atom is 0.332 e. The van der Waals surface area contributed by atoms with Crippen LogP contribution in [0.2, 0.25) is 0 Å². The number of carbonyl (C=O) groups is 2. The van der Waals surface area contributed by atoms with Crippen LogP contribution in [0.25, 0.3) is 0 Å². The molecule has 1 N–H and O–H groups in total. The Kier molecular flexibility index (Phi) is 15.4. The molecule has 2 heterocycles. The summed E-state index contributed by atoms with van der Waals surface area (Å²) in [5.41, 5.74) is 4.96. The standard InChI is InChI=1S/C25H33NO6S.C21H25NO6S/c1-17-13-21(30-6)14-18(2)24(17)33(28,29)26-20(12-11-19-9-7-8-10-22(19)26)15-31-16-23(27)32-25(3,4)5;1-14-10-18(27-3)11-15(2)21(14)29(25,26)22-17(12-28-13-20(23)24)9-8-16-6-4-5-7-19(16)22/h7-10,13-14,20H,11-12,15-16H2,1-6H3;4-7,10-11,17H,8-9,12-13H2,1-3H3,(H,23,24). The molecular formula is C46H58N2O12S2. The van der Waals surface area contributed by atoms with E-state index in [0.717, 1.165) is 17.5 Å². The number of anilines is 2. The van der Waals surface area contributed by atoms with E-state index >= 15 is 0 Å². The molecule has 2 aliphatic heterocycles. The summed E-state index contributed by atoms with van der Waals surface area (Å²) in [6, 6.07) is 20.8. The normalized spacial score (nSPS) is 16.3. The lowest BCUT2D eigenvalue weighted by Crippen LogP contribution is -2.46. The van der Waals surface area contributed by atoms with Crippen molar-refractivity contribution in [3.05, 3.63) is 106 Å². The lowest BCUT2D eigenvalue weighted by atomic mass is 9.98. The first-order valence-electron chi connectivity index (χ1n) is 20.3. The fourth-order valence-electron chi connectivity index (χ4n) is 8.10. The van der Waals surface area contributed by atoms with Crippen molar-refractivity contribution in [1.29, 1.82) is 0 Å². The molecule has 6 rings (SSSR count). The zero-order valence-electron chi connectivity index (χ0n) is 36.9. The highest BCUT2D eigenvalue weighted by atomic mass is 32.2. The van der Waals surface area contributed by atoms with Gasteiger partial charge in [0.05, 0.1) is 60.7 Å². The summed E-state index contributed by atoms with van der Waals surface area (Å²) in [5.74, 6) is -0.355. The minimum atomic E-state index is -3.91. The van der Waals surface area contributed by atoms with Gasteiger partial charge in [0.1, 0.15) is 30.3 Å². The third-order valence-corrected chi connectivity index (χ3v) is 14.8. The number of sulfonamides is 2. The average Bonchev–Trinajstić information content (AvgIpc) is 3.19. The lowest BCUT2D eigenvalue weighted by molar-refractivity contribution is -0.160. The molecule has 0 aliphatic carbocycles. The highest BCUT2D eigenvalue weighted by molar-refractivity contribution is 7.93. The van der Waals surface area contributed by atoms with Crippen LogP contribution in [-0.4, -0.2) is 92.2 Å². The number of nitrogens with zero attached hydrogens (tertiary/aromatic N) is 2. The molecule has 16 heteroatoms. The number of methoxy groups -OCH3 is 2. The quantitative estimate of drug-likeness (QED) is 0.127. The van der Waals surface area contributed by atoms with E-state index < -0.39 is 56.3 Å². The minimum Gasteiger partial charge on any atom is -0.497 e. The van der Waals surface area contributed by atoms with Gasteiger partial charge < -0.3 is 28.8 Å². The van der Waals surface area contributed by atoms with Gasteiger partial charge in [-0.1, -0.05) is 36.4 Å². The van der Waals surface area contributed by atoms with E-state index in [1.807, 2.05) is 36.4 Å². The van der Waals surface area contributed by atoms with Crippen LogP contribution in [0.1, 0.15) is 67.0 Å². The van der Waals surface area contributed by atoms with Crippen molar-refractivity contribution in [2.45, 2.75) is 102 Å². The molecule has 0 aromatic heterocycles. The molecule has 336 valence electrons. The number of hydrogen-bond donors (Lipinski definition) is 1. The van der Waals surface area contributed by atoms with Crippen LogP contribution in [0.5, 0.6) is 11.5 Å². The second-order valence-electron chi connectivity index (χ2n) is 16.4. The topological polar surface area (TPSA) is 175 Å². The van der Waals surface area contributed by atoms with Crippen LogP contribution < -0.4 is 18.1 Å². The number of carboxylic acid groups (broad SMARTS) is 1. The highest BCUT2D eigenvalue weighted by Crippen LogP contribution is 2.40. The second-order valence-corrected chi connectivity index (χ2v) is 19.9. The number of ether oxygens (including phenoxy) is 5. The number of benzene rings is 4. The molecule has 4 aromatic carbocycles. The summed E-state index contributed by atoms with van der Waals surface area (Å²) in [4.78, 5) is 23.4. The Hall–Kier alpha value is -5.16. The van der Waals surface area contributed by atoms with Gasteiger partial charge in [0.2, 0.25) is 0 Å². The summed E-state index contributed by atoms with van der Waals surface area (Å²) in [7, 11) is -4.72. The summed E-state index contributed by atoms with van der Waals surface area (Å²) >= 11 is 0. The van der Waals surface area contributed by atoms with Crippen molar-refractivity contribution in [3.63, 3.8) is 0 Å². The SMILES string of the molecule is COc1cc(C)c(S(=O)(=O)N2c3ccccc3CCC2COCC(=O)O)c(C)c1.COc1cc(C)c(S(=O)(=O)N2c3ccccc3CCC2COCC(=O)OC(C)(C)C)c(C)c1. The molecule has 0 radical (unpaired) electrons. The van der Waals surface area contributed by atoms with Crippen molar-refractivity contribution < 1.29 is 55.2 Å². The fraction of sp³-hybridized carbons (Fsp3) is 0.435. The van der Waals surface area contributed by atoms with Gasteiger partial charge in [-0.05, 0) is 144 Å². The average molecular weight is 895 g/mol. The molecule has 0 saturated carbocycles. The maximum absolute atomic E-state index is 14.0. The summed E-state index contributed by atoms with van der Waals surface area (Å²) in [5, 5.41) is 8.86. The van der Waals surface area contributed by atoms with E-state index in [9.17, 15) is 26.4 Å². The molecule has 0 bridgehead atoms. The van der Waals surface area contributed by atoms with Gasteiger partial charge in [-0.2, -0.15) is 0 Å². The Morgan fingerprint density at radius 2 is 1.02 bits per heavy atom. The van der Waals surface area contributed by atoms with Gasteiger partial charge in [0.15, 0.2) is 0 Å². The maximum atomic E-state index is 14.0. The van der Waals surface area contributed by atoms with Crippen LogP contribution in [0.15, 0.2) is 82.6 Å². The largest absolute Gasteiger partial charge is 0.497 e. The number of para-hydroxylation sites is 2. The summed E-state index contributed by atoms with van der Waals surface area (Å²) in [6.07, 6.45) is 2.55. The zero-order valence-corrected chi connectivity index (χ0v) is 38.5. The Labute approximate surface area is 365 Å². The molecule has 2 atom stereocenters. The van der Waals surface area contributed by atoms with Gasteiger partial charge in [-0.15, -0.1) is 0 Å². The Bertz CT molecular complexity index is 2440. The molecule has 0 spiro atoms. The number of aryl methyl sites for hydroxylation is 6. The van der Waals surface area contributed by atoms with E-state index in [4.69, 9.17) is 28.8 Å². The number of hydrogen-bond acceptors (Lipinski definition) is 11. The molecular weight excluding hydrogens is 837 g/mol. The van der Waals surface area contributed by atoms with Gasteiger partial charge in [0, 0.05) is 0 Å². The van der Waals surface area contributed by atoms with Gasteiger partial charge in [-0.3, -0.25) is 8.61 Å². The van der Waals surface area contributed by atoms with E-state index in [1.165, 1.54) is 8.61 Å². The summed E-state index contributed by atoms with van der Waals surface area (Å²) < 4.78 is 85.3. The van der Waals surface area contributed by atoms with E-state index in [0.29, 0.717) is 64.4 Å². The number of carbonyl (C=O) groups excluding carboxylic acids is 1. The first-order valence-corrected chi connectivity index (χ1v) is 23.2. The minimum absolute atomic E-state index is 0.00805. The van der Waals surface area contributed by atoms with Gasteiger partial charge >= 0.3 is 11.9 Å². The van der Waals surface area contributed by atoms with Gasteiger partial charge in [0.25, 0.3) is 20.0 Å². The number of carboxylic acids is 1. The van der Waals surface area contributed by atoms with Crippen molar-refractivity contribution in [2.75, 3.05) is 49.3 Å². The van der Waals surface area contributed by atoms with Crippen LogP contribution in [-0.2, 0) is 56.7 Å². The fourth-order valence-corrected chi connectivity index (χ4v) is 12.3. The van der Waals surface area contributed by atoms with Crippen molar-refractivity contribution in [2.24, 2.45) is 0 Å². The monoisotopic (exact) mass is 894 g/mol. The van der Waals surface area contributed by atoms with Crippen molar-refractivity contribution >= 4 is 43.4 Å². The predicted octanol–water partition coefficient (Wildman–Crippen LogP) is 7.10. The lowest BCUT2D eigenvalue weighted by Gasteiger charge is -2.38. The second kappa shape index (κ2) is 19.9. The predicted molar refractivity (Wildman–Crippen MR) is 236 cm³/mol. The molecule has 0 saturated heterocycles. The third kappa shape index (κ3) is 11.1. The molecule has 4 aromatic rings. The highest BCUT2D eigenvalue weighted by Gasteiger charge is 2.39. The van der Waals surface area contributed by atoms with E-state index in [1.54, 1.807) is 99.1 Å². The molecule has 2 aliphatic rings. The Morgan fingerprint density at radius 1 is 0.645 bits per heavy atom. The molecule has 14 nitrogen and oxygen atoms in total. The smallest absolute Gasteiger partial charge is 0.332 e. The first-order chi connectivity index (χ1) is 29.2. The van der Waals surface area contributed by atoms with Crippen LogP contribution in [0.3, 0.4) is 0 Å². The number of rotatable bonds is 14. The van der Waals surface area contributed by atoms with E-state index in [-0.39, 0.29) is 29.6 Å². The number of esters is 1. The first kappa shape index (κ1) is 47.9. The van der Waals surface area contributed by atoms with Crippen molar-refractivity contribution in [1.82, 2.24) is 0 Å². The van der Waals surface area contributed by atoms with E-state index in [2.05, 4.69) is 0 Å². The van der Waals surface area contributed by atoms with Crippen LogP contribution in [0.4, 0.5) is 11.4 Å². The third-order valence-electron chi connectivity index (χ3n) is 10.5. The van der Waals surface area contributed by atoms with Crippen LogP contribution >= 0.6 is 0 Å². The number of aliphatic carboxylic acids is 1. The zero-order chi connectivity index (χ0) is 45.6. The number of fused-ring (bicyclic) bond motifs is 2.